The number of aliphatic imine (C=N–C) groups is 1. The first-order chi connectivity index (χ1) is 8.61. The number of allylic oxidation sites excluding steroid dienone is 2. The lowest BCUT2D eigenvalue weighted by molar-refractivity contribution is 0.503. The summed E-state index contributed by atoms with van der Waals surface area (Å²) in [5.41, 5.74) is 6.35. The van der Waals surface area contributed by atoms with Gasteiger partial charge in [0, 0.05) is 11.9 Å². The van der Waals surface area contributed by atoms with Crippen molar-refractivity contribution in [1.29, 1.82) is 0 Å². The largest absolute Gasteiger partial charge is 0.316 e. The summed E-state index contributed by atoms with van der Waals surface area (Å²) < 4.78 is 2.19. The molecule has 0 spiro atoms. The number of hydrogen-bond acceptors (Lipinski definition) is 4. The first kappa shape index (κ1) is 11.2. The molecule has 5 heteroatoms. The summed E-state index contributed by atoms with van der Waals surface area (Å²) >= 11 is 0. The summed E-state index contributed by atoms with van der Waals surface area (Å²) in [6, 6.07) is 0.309. The number of aromatic nitrogens is 2. The van der Waals surface area contributed by atoms with Crippen LogP contribution in [-0.2, 0) is 0 Å². The van der Waals surface area contributed by atoms with Crippen LogP contribution in [0.3, 0.4) is 0 Å². The summed E-state index contributed by atoms with van der Waals surface area (Å²) in [4.78, 5) is 9.02. The maximum Gasteiger partial charge on any atom is 0.180 e. The van der Waals surface area contributed by atoms with Crippen molar-refractivity contribution in [2.24, 2.45) is 10.8 Å². The van der Waals surface area contributed by atoms with Gasteiger partial charge in [-0.3, -0.25) is 4.99 Å². The summed E-state index contributed by atoms with van der Waals surface area (Å²) in [6.07, 6.45) is 6.31. The average Bonchev–Trinajstić information content (AvgIpc) is 2.73. The minimum atomic E-state index is 0.0974. The number of aryl methyl sites for hydroxylation is 1. The molecule has 1 aromatic rings. The number of fused-ring (bicyclic) bond motifs is 3. The molecule has 5 nitrogen and oxygen atoms in total. The third kappa shape index (κ3) is 1.44. The minimum absolute atomic E-state index is 0.0974. The molecule has 1 aliphatic carbocycles. The van der Waals surface area contributed by atoms with Crippen molar-refractivity contribution in [1.82, 2.24) is 15.0 Å². The second-order valence-corrected chi connectivity index (χ2v) is 4.90. The fraction of sp³-hybridized carbons (Fsp3) is 0.385. The number of amidine groups is 1. The predicted molar refractivity (Wildman–Crippen MR) is 71.2 cm³/mol. The van der Waals surface area contributed by atoms with Gasteiger partial charge in [-0.2, -0.15) is 0 Å². The van der Waals surface area contributed by atoms with Gasteiger partial charge in [0.25, 0.3) is 0 Å². The van der Waals surface area contributed by atoms with Crippen LogP contribution in [0.15, 0.2) is 34.5 Å². The third-order valence-corrected chi connectivity index (χ3v) is 3.72. The smallest absolute Gasteiger partial charge is 0.180 e. The predicted octanol–water partition coefficient (Wildman–Crippen LogP) is 1.23. The van der Waals surface area contributed by atoms with E-state index >= 15 is 0 Å². The van der Waals surface area contributed by atoms with Gasteiger partial charge in [-0.25, -0.2) is 10.8 Å². The van der Waals surface area contributed by atoms with Crippen LogP contribution >= 0.6 is 0 Å². The molecule has 0 bridgehead atoms. The molecule has 0 fully saturated rings. The van der Waals surface area contributed by atoms with Crippen molar-refractivity contribution in [3.05, 3.63) is 41.0 Å². The molecule has 1 aromatic heterocycles. The lowest BCUT2D eigenvalue weighted by Gasteiger charge is -2.32. The molecule has 2 unspecified atom stereocenters. The second-order valence-electron chi connectivity index (χ2n) is 4.90. The Morgan fingerprint density at radius 1 is 1.22 bits per heavy atom. The summed E-state index contributed by atoms with van der Waals surface area (Å²) in [5.74, 6) is 7.01. The molecule has 1 aliphatic heterocycles. The van der Waals surface area contributed by atoms with Crippen molar-refractivity contribution in [2.75, 3.05) is 0 Å². The standard InChI is InChI=1S/C13H17N5/c1-7-4-10-11(5-8(7)2)18-9(3)6-15-13(18)12(16-10)17-14/h4-6,10-11H,14H2,1-3H3,(H,16,17). The Hall–Kier alpha value is -1.88. The normalized spacial score (nSPS) is 25.7. The Kier molecular flexibility index (Phi) is 2.38. The lowest BCUT2D eigenvalue weighted by atomic mass is 9.92. The van der Waals surface area contributed by atoms with Crippen LogP contribution < -0.4 is 11.3 Å². The molecule has 2 aliphatic rings. The van der Waals surface area contributed by atoms with E-state index in [1.807, 2.05) is 6.20 Å². The molecule has 0 saturated heterocycles. The van der Waals surface area contributed by atoms with E-state index in [4.69, 9.17) is 5.84 Å². The minimum Gasteiger partial charge on any atom is -0.316 e. The number of nitrogens with one attached hydrogen (secondary N) is 1. The Balaban J connectivity index is 2.19. The van der Waals surface area contributed by atoms with E-state index in [9.17, 15) is 0 Å². The average molecular weight is 243 g/mol. The van der Waals surface area contributed by atoms with Gasteiger partial charge in [-0.05, 0) is 20.8 Å². The first-order valence-electron chi connectivity index (χ1n) is 6.07. The zero-order valence-electron chi connectivity index (χ0n) is 10.8. The van der Waals surface area contributed by atoms with Gasteiger partial charge in [0.05, 0.1) is 12.1 Å². The maximum absolute atomic E-state index is 5.54. The van der Waals surface area contributed by atoms with Crippen LogP contribution in [0, 0.1) is 6.92 Å². The third-order valence-electron chi connectivity index (χ3n) is 3.72. The van der Waals surface area contributed by atoms with Crippen molar-refractivity contribution in [2.45, 2.75) is 32.9 Å². The van der Waals surface area contributed by atoms with Crippen LogP contribution in [0.25, 0.3) is 0 Å². The zero-order chi connectivity index (χ0) is 12.9. The highest BCUT2D eigenvalue weighted by molar-refractivity contribution is 5.96. The Bertz CT molecular complexity index is 591. The number of hydrazine groups is 1. The number of hydrogen-bond donors (Lipinski definition) is 2. The highest BCUT2D eigenvalue weighted by Crippen LogP contribution is 2.33. The molecule has 3 N–H and O–H groups in total. The fourth-order valence-corrected chi connectivity index (χ4v) is 2.62. The van der Waals surface area contributed by atoms with Gasteiger partial charge in [-0.1, -0.05) is 23.3 Å². The Morgan fingerprint density at radius 3 is 2.67 bits per heavy atom. The SMILES string of the molecule is CC1=CC2N=C(NN)c3ncc(C)n3C2C=C1C. The molecular formula is C13H17N5. The van der Waals surface area contributed by atoms with E-state index in [-0.39, 0.29) is 12.1 Å². The van der Waals surface area contributed by atoms with E-state index in [1.165, 1.54) is 11.1 Å². The van der Waals surface area contributed by atoms with Crippen LogP contribution in [0.4, 0.5) is 0 Å². The number of nitrogens with zero attached hydrogens (tertiary/aromatic N) is 3. The molecule has 0 saturated carbocycles. The van der Waals surface area contributed by atoms with Gasteiger partial charge in [-0.15, -0.1) is 0 Å². The topological polar surface area (TPSA) is 68.2 Å². The van der Waals surface area contributed by atoms with E-state index in [0.717, 1.165) is 11.5 Å². The quantitative estimate of drug-likeness (QED) is 0.532. The van der Waals surface area contributed by atoms with Gasteiger partial charge in [0.2, 0.25) is 0 Å². The van der Waals surface area contributed by atoms with Crippen LogP contribution in [-0.4, -0.2) is 21.4 Å². The van der Waals surface area contributed by atoms with E-state index in [2.05, 4.69) is 52.9 Å². The van der Waals surface area contributed by atoms with Gasteiger partial charge in [0.15, 0.2) is 11.7 Å². The zero-order valence-corrected chi connectivity index (χ0v) is 10.8. The Labute approximate surface area is 106 Å². The van der Waals surface area contributed by atoms with Crippen LogP contribution in [0.5, 0.6) is 0 Å². The van der Waals surface area contributed by atoms with Crippen molar-refractivity contribution in [3.63, 3.8) is 0 Å². The number of nitrogens with two attached hydrogens (primary N) is 1. The van der Waals surface area contributed by atoms with Gasteiger partial charge >= 0.3 is 0 Å². The summed E-state index contributed by atoms with van der Waals surface area (Å²) in [6.45, 7) is 6.30. The van der Waals surface area contributed by atoms with E-state index in [1.54, 1.807) is 0 Å². The molecule has 3 rings (SSSR count). The molecule has 0 amide bonds. The molecule has 18 heavy (non-hydrogen) atoms. The Morgan fingerprint density at radius 2 is 1.94 bits per heavy atom. The maximum atomic E-state index is 5.54. The van der Waals surface area contributed by atoms with E-state index in [0.29, 0.717) is 5.84 Å². The number of imidazole rings is 1. The van der Waals surface area contributed by atoms with Crippen molar-refractivity contribution >= 4 is 5.84 Å². The van der Waals surface area contributed by atoms with Gasteiger partial charge in [0.1, 0.15) is 0 Å². The molecule has 2 atom stereocenters. The summed E-state index contributed by atoms with van der Waals surface area (Å²) in [7, 11) is 0. The van der Waals surface area contributed by atoms with Crippen molar-refractivity contribution in [3.8, 4) is 0 Å². The molecule has 2 heterocycles. The highest BCUT2D eigenvalue weighted by atomic mass is 15.3. The monoisotopic (exact) mass is 243 g/mol. The first-order valence-corrected chi connectivity index (χ1v) is 6.07. The molecule has 94 valence electrons. The summed E-state index contributed by atoms with van der Waals surface area (Å²) in [5, 5.41) is 0. The highest BCUT2D eigenvalue weighted by Gasteiger charge is 2.32. The molecule has 0 radical (unpaired) electrons. The fourth-order valence-electron chi connectivity index (χ4n) is 2.62. The van der Waals surface area contributed by atoms with Crippen LogP contribution in [0.1, 0.15) is 31.4 Å². The molecule has 0 aromatic carbocycles. The lowest BCUT2D eigenvalue weighted by Crippen LogP contribution is -2.41. The van der Waals surface area contributed by atoms with Crippen LogP contribution in [0.2, 0.25) is 0 Å². The second kappa shape index (κ2) is 3.81. The molecular weight excluding hydrogens is 226 g/mol. The van der Waals surface area contributed by atoms with Gasteiger partial charge < -0.3 is 9.99 Å². The van der Waals surface area contributed by atoms with E-state index < -0.39 is 0 Å². The number of rotatable bonds is 0. The van der Waals surface area contributed by atoms with Crippen molar-refractivity contribution < 1.29 is 0 Å².